The summed E-state index contributed by atoms with van der Waals surface area (Å²) in [5, 5.41) is 4.38. The smallest absolute Gasteiger partial charge is 0.307 e. The first kappa shape index (κ1) is 23.5. The molecule has 0 unspecified atom stereocenters. The molecule has 174 valence electrons. The molecule has 4 rings (SSSR count). The normalized spacial score (nSPS) is 12.9. The third kappa shape index (κ3) is 5.80. The molecule has 0 aliphatic carbocycles. The number of hydrogen-bond donors (Lipinski definition) is 0. The van der Waals surface area contributed by atoms with Crippen LogP contribution in [0.15, 0.2) is 103 Å². The first-order chi connectivity index (χ1) is 16.7. The molecule has 0 aliphatic heterocycles. The van der Waals surface area contributed by atoms with E-state index in [1.807, 2.05) is 48.1 Å². The fourth-order valence-corrected chi connectivity index (χ4v) is 4.33. The summed E-state index contributed by atoms with van der Waals surface area (Å²) in [6.07, 6.45) is 3.95. The standard InChI is InChI=1S/C29H31N3O2/c1-3-34-29(33)21-28(26-16-10-17-27(20-26)32-19-11-18-30-32)31(22-24-12-6-4-7-13-24)23(2)25-14-8-5-9-15-25/h4-20,23,28H,3,21-22H2,1-2H3/t23-,28+/m1/s1. The van der Waals surface area contributed by atoms with Gasteiger partial charge in [-0.1, -0.05) is 72.8 Å². The van der Waals surface area contributed by atoms with Gasteiger partial charge in [-0.3, -0.25) is 9.69 Å². The summed E-state index contributed by atoms with van der Waals surface area (Å²) in [6, 6.07) is 30.9. The third-order valence-corrected chi connectivity index (χ3v) is 6.08. The summed E-state index contributed by atoms with van der Waals surface area (Å²) in [7, 11) is 0. The van der Waals surface area contributed by atoms with Crippen molar-refractivity contribution in [1.29, 1.82) is 0 Å². The van der Waals surface area contributed by atoms with E-state index < -0.39 is 0 Å². The van der Waals surface area contributed by atoms with Gasteiger partial charge >= 0.3 is 5.97 Å². The van der Waals surface area contributed by atoms with Gasteiger partial charge in [0.2, 0.25) is 0 Å². The van der Waals surface area contributed by atoms with Crippen LogP contribution in [0.5, 0.6) is 0 Å². The fourth-order valence-electron chi connectivity index (χ4n) is 4.33. The van der Waals surface area contributed by atoms with Crippen LogP contribution in [-0.4, -0.2) is 27.3 Å². The van der Waals surface area contributed by atoms with E-state index in [0.717, 1.165) is 11.3 Å². The molecule has 3 aromatic carbocycles. The Morgan fingerprint density at radius 1 is 0.941 bits per heavy atom. The Morgan fingerprint density at radius 3 is 2.32 bits per heavy atom. The van der Waals surface area contributed by atoms with Crippen LogP contribution >= 0.6 is 0 Å². The van der Waals surface area contributed by atoms with Gasteiger partial charge in [0, 0.05) is 31.0 Å². The van der Waals surface area contributed by atoms with Crippen molar-refractivity contribution < 1.29 is 9.53 Å². The van der Waals surface area contributed by atoms with Crippen molar-refractivity contribution in [2.45, 2.75) is 38.9 Å². The van der Waals surface area contributed by atoms with Crippen molar-refractivity contribution in [3.63, 3.8) is 0 Å². The van der Waals surface area contributed by atoms with Crippen LogP contribution < -0.4 is 0 Å². The van der Waals surface area contributed by atoms with E-state index in [2.05, 4.69) is 77.6 Å². The van der Waals surface area contributed by atoms with E-state index >= 15 is 0 Å². The van der Waals surface area contributed by atoms with Gasteiger partial charge in [-0.25, -0.2) is 4.68 Å². The maximum atomic E-state index is 12.8. The largest absolute Gasteiger partial charge is 0.466 e. The van der Waals surface area contributed by atoms with Crippen LogP contribution in [0, 0.1) is 0 Å². The average molecular weight is 454 g/mol. The molecular weight excluding hydrogens is 422 g/mol. The van der Waals surface area contributed by atoms with Gasteiger partial charge in [0.05, 0.1) is 18.7 Å². The number of benzene rings is 3. The predicted molar refractivity (Wildman–Crippen MR) is 134 cm³/mol. The van der Waals surface area contributed by atoms with Crippen LogP contribution in [0.25, 0.3) is 5.69 Å². The van der Waals surface area contributed by atoms with E-state index in [9.17, 15) is 4.79 Å². The number of aromatic nitrogens is 2. The van der Waals surface area contributed by atoms with E-state index in [4.69, 9.17) is 4.74 Å². The van der Waals surface area contributed by atoms with Gasteiger partial charge in [0.1, 0.15) is 0 Å². The van der Waals surface area contributed by atoms with Crippen LogP contribution in [0.4, 0.5) is 0 Å². The Bertz CT molecular complexity index is 1160. The lowest BCUT2D eigenvalue weighted by atomic mass is 9.96. The molecule has 2 atom stereocenters. The topological polar surface area (TPSA) is 47.4 Å². The van der Waals surface area contributed by atoms with Gasteiger partial charge in [0.25, 0.3) is 0 Å². The first-order valence-electron chi connectivity index (χ1n) is 11.8. The molecule has 0 amide bonds. The molecule has 1 heterocycles. The van der Waals surface area contributed by atoms with Gasteiger partial charge in [-0.2, -0.15) is 5.10 Å². The molecule has 34 heavy (non-hydrogen) atoms. The third-order valence-electron chi connectivity index (χ3n) is 6.08. The van der Waals surface area contributed by atoms with Crippen molar-refractivity contribution in [3.05, 3.63) is 120 Å². The van der Waals surface area contributed by atoms with Crippen LogP contribution in [0.1, 0.15) is 49.0 Å². The number of hydrogen-bond acceptors (Lipinski definition) is 4. The number of esters is 1. The molecular formula is C29H31N3O2. The Morgan fingerprint density at radius 2 is 1.65 bits per heavy atom. The summed E-state index contributed by atoms with van der Waals surface area (Å²) >= 11 is 0. The molecule has 0 saturated carbocycles. The minimum absolute atomic E-state index is 0.0780. The Labute approximate surface area is 201 Å². The molecule has 5 nitrogen and oxygen atoms in total. The molecule has 5 heteroatoms. The van der Waals surface area contributed by atoms with Gasteiger partial charge in [-0.05, 0) is 48.7 Å². The summed E-state index contributed by atoms with van der Waals surface area (Å²) in [4.78, 5) is 15.2. The van der Waals surface area contributed by atoms with Crippen LogP contribution in [-0.2, 0) is 16.1 Å². The highest BCUT2D eigenvalue weighted by Gasteiger charge is 2.29. The lowest BCUT2D eigenvalue weighted by Gasteiger charge is -2.37. The van der Waals surface area contributed by atoms with Crippen LogP contribution in [0.3, 0.4) is 0 Å². The van der Waals surface area contributed by atoms with E-state index in [-0.39, 0.29) is 24.5 Å². The fraction of sp³-hybridized carbons (Fsp3) is 0.241. The zero-order chi connectivity index (χ0) is 23.8. The van der Waals surface area contributed by atoms with Gasteiger partial charge in [-0.15, -0.1) is 0 Å². The van der Waals surface area contributed by atoms with Crippen molar-refractivity contribution in [2.75, 3.05) is 6.61 Å². The summed E-state index contributed by atoms with van der Waals surface area (Å²) < 4.78 is 7.24. The number of carbonyl (C=O) groups excluding carboxylic acids is 1. The second-order valence-corrected chi connectivity index (χ2v) is 8.32. The second kappa shape index (κ2) is 11.4. The minimum atomic E-state index is -0.199. The number of ether oxygens (including phenoxy) is 1. The molecule has 4 aromatic rings. The Kier molecular flexibility index (Phi) is 7.89. The monoisotopic (exact) mass is 453 g/mol. The van der Waals surface area contributed by atoms with Crippen molar-refractivity contribution in [1.82, 2.24) is 14.7 Å². The van der Waals surface area contributed by atoms with Gasteiger partial charge < -0.3 is 4.74 Å². The molecule has 0 aliphatic rings. The van der Waals surface area contributed by atoms with Crippen molar-refractivity contribution in [2.24, 2.45) is 0 Å². The molecule has 1 aromatic heterocycles. The highest BCUT2D eigenvalue weighted by Crippen LogP contribution is 2.35. The van der Waals surface area contributed by atoms with E-state index in [1.54, 1.807) is 6.20 Å². The zero-order valence-electron chi connectivity index (χ0n) is 19.7. The van der Waals surface area contributed by atoms with E-state index in [1.165, 1.54) is 11.1 Å². The van der Waals surface area contributed by atoms with Gasteiger partial charge in [0.15, 0.2) is 0 Å². The second-order valence-electron chi connectivity index (χ2n) is 8.32. The number of carbonyl (C=O) groups is 1. The summed E-state index contributed by atoms with van der Waals surface area (Å²) in [5.74, 6) is -0.199. The quantitative estimate of drug-likeness (QED) is 0.271. The highest BCUT2D eigenvalue weighted by molar-refractivity contribution is 5.70. The lowest BCUT2D eigenvalue weighted by Crippen LogP contribution is -2.33. The number of nitrogens with zero attached hydrogens (tertiary/aromatic N) is 3. The average Bonchev–Trinajstić information content (AvgIpc) is 3.42. The number of rotatable bonds is 10. The highest BCUT2D eigenvalue weighted by atomic mass is 16.5. The first-order valence-corrected chi connectivity index (χ1v) is 11.8. The minimum Gasteiger partial charge on any atom is -0.466 e. The molecule has 0 spiro atoms. The maximum absolute atomic E-state index is 12.8. The van der Waals surface area contributed by atoms with Crippen molar-refractivity contribution >= 4 is 5.97 Å². The zero-order valence-corrected chi connectivity index (χ0v) is 19.7. The van der Waals surface area contributed by atoms with Crippen molar-refractivity contribution in [3.8, 4) is 5.69 Å². The summed E-state index contributed by atoms with van der Waals surface area (Å²) in [5.41, 5.74) is 4.42. The molecule has 0 N–H and O–H groups in total. The SMILES string of the molecule is CCOC(=O)C[C@@H](c1cccc(-n2cccn2)c1)N(Cc1ccccc1)[C@H](C)c1ccccc1. The molecule has 0 radical (unpaired) electrons. The Balaban J connectivity index is 1.77. The maximum Gasteiger partial charge on any atom is 0.307 e. The molecule has 0 saturated heterocycles. The lowest BCUT2D eigenvalue weighted by molar-refractivity contribution is -0.145. The van der Waals surface area contributed by atoms with E-state index in [0.29, 0.717) is 13.2 Å². The predicted octanol–water partition coefficient (Wildman–Crippen LogP) is 6.13. The molecule has 0 fully saturated rings. The Hall–Kier alpha value is -3.70. The molecule has 0 bridgehead atoms. The van der Waals surface area contributed by atoms with Crippen LogP contribution in [0.2, 0.25) is 0 Å². The summed E-state index contributed by atoms with van der Waals surface area (Å²) in [6.45, 7) is 5.12.